The van der Waals surface area contributed by atoms with Gasteiger partial charge >= 0.3 is 12.3 Å². The van der Waals surface area contributed by atoms with Gasteiger partial charge in [0.05, 0.1) is 5.92 Å². The highest BCUT2D eigenvalue weighted by atomic mass is 35.5. The number of alkyl halides is 3. The number of carboxylic acid groups (broad SMARTS) is 1. The van der Waals surface area contributed by atoms with Gasteiger partial charge in [0.2, 0.25) is 0 Å². The highest BCUT2D eigenvalue weighted by Gasteiger charge is 2.73. The number of rotatable bonds is 5. The molecule has 1 aromatic rings. The van der Waals surface area contributed by atoms with Crippen LogP contribution in [0.1, 0.15) is 19.4 Å². The summed E-state index contributed by atoms with van der Waals surface area (Å²) in [5.41, 5.74) is -1.49. The van der Waals surface area contributed by atoms with Gasteiger partial charge in [0, 0.05) is 5.41 Å². The predicted molar refractivity (Wildman–Crippen MR) is 84.0 cm³/mol. The van der Waals surface area contributed by atoms with Crippen molar-refractivity contribution in [3.8, 4) is 5.75 Å². The molecule has 1 fully saturated rings. The van der Waals surface area contributed by atoms with Gasteiger partial charge in [0.25, 0.3) is 0 Å². The molecule has 2 atom stereocenters. The number of para-hydroxylation sites is 1. The summed E-state index contributed by atoms with van der Waals surface area (Å²) in [6.45, 7) is 3.43. The number of hydrogen-bond donors (Lipinski definition) is 1. The molecule has 0 radical (unpaired) electrons. The van der Waals surface area contributed by atoms with E-state index in [1.807, 2.05) is 0 Å². The Hall–Kier alpha value is -1.40. The Bertz CT molecular complexity index is 681. The molecule has 132 valence electrons. The molecule has 2 rings (SSSR count). The summed E-state index contributed by atoms with van der Waals surface area (Å²) < 4.78 is 41.6. The maximum absolute atomic E-state index is 12.6. The lowest BCUT2D eigenvalue weighted by molar-refractivity contribution is -0.274. The topological polar surface area (TPSA) is 46.5 Å². The number of hydrogen-bond acceptors (Lipinski definition) is 2. The van der Waals surface area contributed by atoms with E-state index in [9.17, 15) is 23.1 Å². The number of allylic oxidation sites excluding steroid dienone is 1. The summed E-state index contributed by atoms with van der Waals surface area (Å²) in [5, 5.41) is 9.44. The van der Waals surface area contributed by atoms with Crippen LogP contribution in [0.3, 0.4) is 0 Å². The van der Waals surface area contributed by atoms with E-state index >= 15 is 0 Å². The monoisotopic (exact) mass is 382 g/mol. The highest BCUT2D eigenvalue weighted by molar-refractivity contribution is 6.55. The molecule has 3 nitrogen and oxygen atoms in total. The van der Waals surface area contributed by atoms with Gasteiger partial charge < -0.3 is 9.84 Å². The predicted octanol–water partition coefficient (Wildman–Crippen LogP) is 5.17. The van der Waals surface area contributed by atoms with Crippen molar-refractivity contribution in [2.75, 3.05) is 0 Å². The smallest absolute Gasteiger partial charge is 0.481 e. The number of benzene rings is 1. The van der Waals surface area contributed by atoms with E-state index in [4.69, 9.17) is 23.2 Å². The molecule has 1 aliphatic carbocycles. The number of ether oxygens (including phenoxy) is 1. The zero-order valence-electron chi connectivity index (χ0n) is 12.8. The second kappa shape index (κ2) is 6.15. The Labute approximate surface area is 147 Å². The van der Waals surface area contributed by atoms with Crippen molar-refractivity contribution in [2.45, 2.75) is 26.6 Å². The molecule has 24 heavy (non-hydrogen) atoms. The van der Waals surface area contributed by atoms with Gasteiger partial charge in [0.1, 0.15) is 10.2 Å². The van der Waals surface area contributed by atoms with Crippen LogP contribution in [-0.4, -0.2) is 17.4 Å². The first kappa shape index (κ1) is 18.9. The minimum Gasteiger partial charge on any atom is -0.481 e. The van der Waals surface area contributed by atoms with Crippen LogP contribution in [-0.2, 0) is 11.2 Å². The molecule has 0 bridgehead atoms. The van der Waals surface area contributed by atoms with E-state index in [1.165, 1.54) is 24.3 Å². The molecule has 0 amide bonds. The molecular formula is C16H15Cl2F3O3. The molecule has 0 aliphatic heterocycles. The Morgan fingerprint density at radius 1 is 1.33 bits per heavy atom. The maximum atomic E-state index is 12.6. The third kappa shape index (κ3) is 3.49. The van der Waals surface area contributed by atoms with Crippen LogP contribution < -0.4 is 4.74 Å². The van der Waals surface area contributed by atoms with Crippen LogP contribution in [0.25, 0.3) is 0 Å². The number of carboxylic acids is 1. The second-order valence-corrected chi connectivity index (χ2v) is 7.31. The molecule has 0 heterocycles. The van der Waals surface area contributed by atoms with E-state index in [-0.39, 0.29) is 22.2 Å². The Morgan fingerprint density at radius 2 is 1.92 bits per heavy atom. The minimum atomic E-state index is -4.84. The average Bonchev–Trinajstić information content (AvgIpc) is 2.84. The van der Waals surface area contributed by atoms with Crippen LogP contribution in [0, 0.1) is 16.7 Å². The molecule has 1 N–H and O–H groups in total. The quantitative estimate of drug-likeness (QED) is 0.763. The average molecular weight is 383 g/mol. The first-order valence-electron chi connectivity index (χ1n) is 7.01. The van der Waals surface area contributed by atoms with Crippen molar-refractivity contribution in [1.29, 1.82) is 0 Å². The SMILES string of the molecule is CC1(C)C(C(=O)O)C1(C=C(Cl)Cl)Cc1ccccc1OC(F)(F)F. The van der Waals surface area contributed by atoms with Crippen molar-refractivity contribution < 1.29 is 27.8 Å². The van der Waals surface area contributed by atoms with Crippen molar-refractivity contribution in [1.82, 2.24) is 0 Å². The van der Waals surface area contributed by atoms with Gasteiger partial charge in [-0.05, 0) is 29.5 Å². The summed E-state index contributed by atoms with van der Waals surface area (Å²) in [7, 11) is 0. The van der Waals surface area contributed by atoms with Crippen molar-refractivity contribution in [3.05, 3.63) is 40.4 Å². The van der Waals surface area contributed by atoms with Crippen LogP contribution in [0.4, 0.5) is 13.2 Å². The molecule has 0 aromatic heterocycles. The Morgan fingerprint density at radius 3 is 2.38 bits per heavy atom. The summed E-state index contributed by atoms with van der Waals surface area (Å²) >= 11 is 11.5. The first-order chi connectivity index (χ1) is 10.9. The van der Waals surface area contributed by atoms with Crippen molar-refractivity contribution in [2.24, 2.45) is 16.7 Å². The van der Waals surface area contributed by atoms with Crippen LogP contribution in [0.2, 0.25) is 0 Å². The number of halogens is 5. The van der Waals surface area contributed by atoms with E-state index in [0.29, 0.717) is 0 Å². The highest BCUT2D eigenvalue weighted by Crippen LogP contribution is 2.72. The fraction of sp³-hybridized carbons (Fsp3) is 0.438. The van der Waals surface area contributed by atoms with Gasteiger partial charge in [-0.25, -0.2) is 0 Å². The van der Waals surface area contributed by atoms with E-state index in [1.54, 1.807) is 19.9 Å². The lowest BCUT2D eigenvalue weighted by atomic mass is 9.88. The maximum Gasteiger partial charge on any atom is 0.573 e. The molecule has 0 saturated heterocycles. The van der Waals surface area contributed by atoms with Crippen LogP contribution >= 0.6 is 23.2 Å². The molecule has 1 saturated carbocycles. The normalized spacial score (nSPS) is 25.0. The number of aliphatic carboxylic acids is 1. The van der Waals surface area contributed by atoms with Crippen LogP contribution in [0.5, 0.6) is 5.75 Å². The summed E-state index contributed by atoms with van der Waals surface area (Å²) in [4.78, 5) is 11.6. The minimum absolute atomic E-state index is 0.00611. The molecule has 1 aliphatic rings. The second-order valence-electron chi connectivity index (χ2n) is 6.30. The molecule has 0 spiro atoms. The van der Waals surface area contributed by atoms with Crippen molar-refractivity contribution >= 4 is 29.2 Å². The molecule has 1 aromatic carbocycles. The van der Waals surface area contributed by atoms with Gasteiger partial charge in [-0.3, -0.25) is 4.79 Å². The Kier molecular flexibility index (Phi) is 4.85. The fourth-order valence-corrected chi connectivity index (χ4v) is 3.84. The third-order valence-electron chi connectivity index (χ3n) is 4.65. The van der Waals surface area contributed by atoms with Gasteiger partial charge in [-0.15, -0.1) is 13.2 Å². The van der Waals surface area contributed by atoms with E-state index in [0.717, 1.165) is 0 Å². The van der Waals surface area contributed by atoms with Gasteiger partial charge in [-0.1, -0.05) is 55.2 Å². The standard InChI is InChI=1S/C16H15Cl2F3O3/c1-14(2)12(13(22)23)15(14,8-11(17)18)7-9-5-3-4-6-10(9)24-16(19,20)21/h3-6,8,12H,7H2,1-2H3,(H,22,23). The molecular weight excluding hydrogens is 368 g/mol. The van der Waals surface area contributed by atoms with E-state index < -0.39 is 29.1 Å². The van der Waals surface area contributed by atoms with Gasteiger partial charge in [-0.2, -0.15) is 0 Å². The molecule has 2 unspecified atom stereocenters. The lowest BCUT2D eigenvalue weighted by Crippen LogP contribution is -2.19. The summed E-state index contributed by atoms with van der Waals surface area (Å²) in [6, 6.07) is 5.62. The van der Waals surface area contributed by atoms with Gasteiger partial charge in [0.15, 0.2) is 0 Å². The zero-order valence-corrected chi connectivity index (χ0v) is 14.3. The van der Waals surface area contributed by atoms with E-state index in [2.05, 4.69) is 4.74 Å². The third-order valence-corrected chi connectivity index (χ3v) is 4.87. The Balaban J connectivity index is 2.44. The largest absolute Gasteiger partial charge is 0.573 e. The summed E-state index contributed by atoms with van der Waals surface area (Å²) in [6.07, 6.45) is -3.43. The molecule has 8 heteroatoms. The fourth-order valence-electron chi connectivity index (χ4n) is 3.45. The summed E-state index contributed by atoms with van der Waals surface area (Å²) in [5.74, 6) is -2.24. The first-order valence-corrected chi connectivity index (χ1v) is 7.76. The van der Waals surface area contributed by atoms with Crippen LogP contribution in [0.15, 0.2) is 34.8 Å². The number of carbonyl (C=O) groups is 1. The zero-order chi connectivity index (χ0) is 18.3. The lowest BCUT2D eigenvalue weighted by Gasteiger charge is -2.19. The van der Waals surface area contributed by atoms with Crippen molar-refractivity contribution in [3.63, 3.8) is 0 Å².